The molecule has 0 unspecified atom stereocenters. The Labute approximate surface area is 177 Å². The number of aryl methyl sites for hydroxylation is 1. The molecular weight excluding hydrogens is 378 g/mol. The summed E-state index contributed by atoms with van der Waals surface area (Å²) in [4.78, 5) is 0. The Bertz CT molecular complexity index is 1110. The maximum Gasteiger partial charge on any atom is 0.125 e. The van der Waals surface area contributed by atoms with Gasteiger partial charge in [0.2, 0.25) is 0 Å². The lowest BCUT2D eigenvalue weighted by molar-refractivity contribution is 0.304. The molecule has 29 heavy (non-hydrogen) atoms. The van der Waals surface area contributed by atoms with Crippen molar-refractivity contribution >= 4 is 28.1 Å². The Kier molecular flexibility index (Phi) is 6.02. The molecule has 0 spiro atoms. The van der Waals surface area contributed by atoms with Crippen LogP contribution >= 0.6 is 11.6 Å². The van der Waals surface area contributed by atoms with Crippen molar-refractivity contribution in [2.24, 2.45) is 0 Å². The third kappa shape index (κ3) is 4.55. The first-order chi connectivity index (χ1) is 14.2. The first-order valence-electron chi connectivity index (χ1n) is 9.94. The molecule has 0 aliphatic rings. The van der Waals surface area contributed by atoms with Crippen molar-refractivity contribution in [3.05, 3.63) is 107 Å². The molecule has 0 atom stereocenters. The molecule has 4 aromatic carbocycles. The second kappa shape index (κ2) is 9.02. The van der Waals surface area contributed by atoms with Crippen LogP contribution in [0, 0.1) is 0 Å². The topological polar surface area (TPSA) is 21.3 Å². The number of para-hydroxylation sites is 1. The monoisotopic (exact) mass is 401 g/mol. The summed E-state index contributed by atoms with van der Waals surface area (Å²) in [5.41, 5.74) is 4.75. The van der Waals surface area contributed by atoms with E-state index in [1.807, 2.05) is 24.3 Å². The van der Waals surface area contributed by atoms with Gasteiger partial charge in [0.05, 0.1) is 0 Å². The minimum absolute atomic E-state index is 0.508. The molecule has 2 nitrogen and oxygen atoms in total. The summed E-state index contributed by atoms with van der Waals surface area (Å²) < 4.78 is 6.23. The minimum Gasteiger partial charge on any atom is -0.489 e. The van der Waals surface area contributed by atoms with Gasteiger partial charge in [-0.15, -0.1) is 0 Å². The minimum atomic E-state index is 0.508. The quantitative estimate of drug-likeness (QED) is 0.352. The van der Waals surface area contributed by atoms with Gasteiger partial charge in [0.25, 0.3) is 0 Å². The number of anilines is 1. The molecular formula is C26H24ClNO. The van der Waals surface area contributed by atoms with Crippen molar-refractivity contribution in [2.45, 2.75) is 26.5 Å². The molecule has 0 aromatic heterocycles. The van der Waals surface area contributed by atoms with Gasteiger partial charge in [0.1, 0.15) is 12.4 Å². The fourth-order valence-electron chi connectivity index (χ4n) is 3.56. The third-order valence-electron chi connectivity index (χ3n) is 5.16. The molecule has 0 radical (unpaired) electrons. The van der Waals surface area contributed by atoms with Gasteiger partial charge in [0.15, 0.2) is 0 Å². The first kappa shape index (κ1) is 19.4. The van der Waals surface area contributed by atoms with Crippen LogP contribution in [0.5, 0.6) is 5.75 Å². The van der Waals surface area contributed by atoms with Crippen LogP contribution in [0.4, 0.5) is 5.69 Å². The van der Waals surface area contributed by atoms with Crippen molar-refractivity contribution in [2.75, 3.05) is 5.32 Å². The second-order valence-electron chi connectivity index (χ2n) is 7.04. The molecule has 1 N–H and O–H groups in total. The molecule has 4 aromatic rings. The van der Waals surface area contributed by atoms with Gasteiger partial charge < -0.3 is 10.1 Å². The Morgan fingerprint density at radius 2 is 1.59 bits per heavy atom. The molecule has 0 aliphatic carbocycles. The lowest BCUT2D eigenvalue weighted by Gasteiger charge is -2.17. The number of ether oxygens (including phenoxy) is 1. The summed E-state index contributed by atoms with van der Waals surface area (Å²) in [6.45, 7) is 3.39. The summed E-state index contributed by atoms with van der Waals surface area (Å²) in [5.74, 6) is 0.903. The van der Waals surface area contributed by atoms with E-state index in [-0.39, 0.29) is 0 Å². The lowest BCUT2D eigenvalue weighted by Crippen LogP contribution is -2.06. The van der Waals surface area contributed by atoms with E-state index in [2.05, 4.69) is 72.9 Å². The van der Waals surface area contributed by atoms with Gasteiger partial charge in [-0.1, -0.05) is 79.2 Å². The molecule has 0 saturated carbocycles. The number of halogens is 1. The largest absolute Gasteiger partial charge is 0.489 e. The van der Waals surface area contributed by atoms with Crippen LogP contribution in [0.15, 0.2) is 84.9 Å². The standard InChI is InChI=1S/C26H24ClNO/c1-2-20-7-4-6-10-25(20)28-17-24-23-9-5-3-8-21(23)13-16-26(24)29-18-19-11-14-22(27)15-12-19/h3-16,28H,2,17-18H2,1H3. The Hall–Kier alpha value is -2.97. The third-order valence-corrected chi connectivity index (χ3v) is 5.41. The van der Waals surface area contributed by atoms with Crippen LogP contribution in [-0.4, -0.2) is 0 Å². The van der Waals surface area contributed by atoms with E-state index in [1.54, 1.807) is 0 Å². The normalized spacial score (nSPS) is 10.8. The molecule has 146 valence electrons. The van der Waals surface area contributed by atoms with E-state index in [9.17, 15) is 0 Å². The molecule has 0 heterocycles. The number of hydrogen-bond donors (Lipinski definition) is 1. The average Bonchev–Trinajstić information content (AvgIpc) is 2.77. The maximum atomic E-state index is 6.23. The highest BCUT2D eigenvalue weighted by molar-refractivity contribution is 6.30. The van der Waals surface area contributed by atoms with Crippen LogP contribution in [-0.2, 0) is 19.6 Å². The highest BCUT2D eigenvalue weighted by Gasteiger charge is 2.10. The van der Waals surface area contributed by atoms with Gasteiger partial charge in [-0.2, -0.15) is 0 Å². The van der Waals surface area contributed by atoms with Gasteiger partial charge >= 0.3 is 0 Å². The van der Waals surface area contributed by atoms with E-state index in [0.29, 0.717) is 13.2 Å². The van der Waals surface area contributed by atoms with Crippen molar-refractivity contribution in [1.82, 2.24) is 0 Å². The summed E-state index contributed by atoms with van der Waals surface area (Å²) in [5, 5.41) is 6.78. The number of nitrogens with one attached hydrogen (secondary N) is 1. The van der Waals surface area contributed by atoms with Gasteiger partial charge in [-0.3, -0.25) is 0 Å². The van der Waals surface area contributed by atoms with Crippen LogP contribution < -0.4 is 10.1 Å². The molecule has 0 fully saturated rings. The zero-order chi connectivity index (χ0) is 20.1. The van der Waals surface area contributed by atoms with E-state index in [4.69, 9.17) is 16.3 Å². The van der Waals surface area contributed by atoms with Crippen LogP contribution in [0.2, 0.25) is 5.02 Å². The number of benzene rings is 4. The van der Waals surface area contributed by atoms with E-state index in [1.165, 1.54) is 27.6 Å². The summed E-state index contributed by atoms with van der Waals surface area (Å²) in [6, 6.07) is 28.9. The van der Waals surface area contributed by atoms with Crippen LogP contribution in [0.3, 0.4) is 0 Å². The predicted octanol–water partition coefficient (Wildman–Crippen LogP) is 7.25. The Morgan fingerprint density at radius 1 is 0.828 bits per heavy atom. The van der Waals surface area contributed by atoms with E-state index < -0.39 is 0 Å². The maximum absolute atomic E-state index is 6.23. The zero-order valence-corrected chi connectivity index (χ0v) is 17.2. The van der Waals surface area contributed by atoms with Crippen molar-refractivity contribution in [3.63, 3.8) is 0 Å². The van der Waals surface area contributed by atoms with Crippen molar-refractivity contribution in [1.29, 1.82) is 0 Å². The van der Waals surface area contributed by atoms with Crippen molar-refractivity contribution < 1.29 is 4.74 Å². The summed E-state index contributed by atoms with van der Waals surface area (Å²) in [6.07, 6.45) is 0.999. The fourth-order valence-corrected chi connectivity index (χ4v) is 3.69. The molecule has 4 rings (SSSR count). The smallest absolute Gasteiger partial charge is 0.125 e. The number of rotatable bonds is 7. The first-order valence-corrected chi connectivity index (χ1v) is 10.3. The highest BCUT2D eigenvalue weighted by Crippen LogP contribution is 2.30. The van der Waals surface area contributed by atoms with Crippen LogP contribution in [0.1, 0.15) is 23.6 Å². The molecule has 0 bridgehead atoms. The Morgan fingerprint density at radius 3 is 2.41 bits per heavy atom. The summed E-state index contributed by atoms with van der Waals surface area (Å²) in [7, 11) is 0. The SMILES string of the molecule is CCc1ccccc1NCc1c(OCc2ccc(Cl)cc2)ccc2ccccc12. The van der Waals surface area contributed by atoms with Crippen LogP contribution in [0.25, 0.3) is 10.8 Å². The van der Waals surface area contributed by atoms with Gasteiger partial charge in [-0.05, 0) is 52.6 Å². The van der Waals surface area contributed by atoms with E-state index >= 15 is 0 Å². The molecule has 3 heteroatoms. The predicted molar refractivity (Wildman–Crippen MR) is 123 cm³/mol. The molecule has 0 saturated heterocycles. The Balaban J connectivity index is 1.62. The number of hydrogen-bond acceptors (Lipinski definition) is 2. The zero-order valence-electron chi connectivity index (χ0n) is 16.5. The molecule has 0 aliphatic heterocycles. The fraction of sp³-hybridized carbons (Fsp3) is 0.154. The van der Waals surface area contributed by atoms with Gasteiger partial charge in [-0.25, -0.2) is 0 Å². The number of fused-ring (bicyclic) bond motifs is 1. The van der Waals surface area contributed by atoms with E-state index in [0.717, 1.165) is 22.8 Å². The average molecular weight is 402 g/mol. The summed E-state index contributed by atoms with van der Waals surface area (Å²) >= 11 is 5.99. The van der Waals surface area contributed by atoms with Gasteiger partial charge in [0, 0.05) is 22.8 Å². The second-order valence-corrected chi connectivity index (χ2v) is 7.48. The molecule has 0 amide bonds. The lowest BCUT2D eigenvalue weighted by atomic mass is 10.0. The highest BCUT2D eigenvalue weighted by atomic mass is 35.5. The van der Waals surface area contributed by atoms with Crippen molar-refractivity contribution in [3.8, 4) is 5.75 Å².